The van der Waals surface area contributed by atoms with E-state index in [1.807, 2.05) is 127 Å². The highest BCUT2D eigenvalue weighted by molar-refractivity contribution is 5.90. The molecule has 5 N–H and O–H groups in total. The van der Waals surface area contributed by atoms with Crippen molar-refractivity contribution in [3.8, 4) is 22.3 Å². The third-order valence-electron chi connectivity index (χ3n) is 15.0. The van der Waals surface area contributed by atoms with Gasteiger partial charge in [0, 0.05) is 68.6 Å². The highest BCUT2D eigenvalue weighted by Crippen LogP contribution is 2.46. The summed E-state index contributed by atoms with van der Waals surface area (Å²) in [7, 11) is 1.87. The Morgan fingerprint density at radius 3 is 1.29 bits per heavy atom. The second kappa shape index (κ2) is 22.3. The number of aryl methyl sites for hydroxylation is 1. The highest BCUT2D eigenvalue weighted by atomic mass is 16.6. The van der Waals surface area contributed by atoms with Crippen LogP contribution in [0.15, 0.2) is 134 Å². The first-order valence-electron chi connectivity index (χ1n) is 26.5. The normalized spacial score (nSPS) is 20.3. The van der Waals surface area contributed by atoms with E-state index >= 15 is 0 Å². The lowest BCUT2D eigenvalue weighted by molar-refractivity contribution is -0.161. The van der Waals surface area contributed by atoms with Gasteiger partial charge in [-0.05, 0) is 110 Å². The fourth-order valence-electron chi connectivity index (χ4n) is 11.1. The molecule has 18 heteroatoms. The number of carboxylic acids is 2. The molecule has 4 atom stereocenters. The van der Waals surface area contributed by atoms with Crippen molar-refractivity contribution in [2.45, 2.75) is 114 Å². The number of aliphatic carboxylic acids is 2. The van der Waals surface area contributed by atoms with Crippen molar-refractivity contribution in [3.63, 3.8) is 0 Å². The minimum atomic E-state index is -1.56. The van der Waals surface area contributed by atoms with Gasteiger partial charge in [-0.15, -0.1) is 0 Å². The number of esters is 2. The fraction of sp³-hybridized carbons (Fsp3) is 0.377. The number of amides is 2. The monoisotopic (exact) mass is 1080 g/mol. The summed E-state index contributed by atoms with van der Waals surface area (Å²) in [5, 5.41) is 26.7. The summed E-state index contributed by atoms with van der Waals surface area (Å²) < 4.78 is 24.7. The first-order chi connectivity index (χ1) is 37.6. The van der Waals surface area contributed by atoms with Gasteiger partial charge < -0.3 is 38.7 Å². The van der Waals surface area contributed by atoms with Gasteiger partial charge in [0.2, 0.25) is 0 Å². The Labute approximate surface area is 459 Å². The SMILES string of the molecule is CC(C)(C)OC(=O)C1CC(NCc2ccc[nH]2)(C(=O)O)CN1C(=O)OCC1c2ccccc2-c2ccccc21.Cn1cccc1CNC1(C(=O)O)CC(C(=O)OC(C)(C)C)N(C(=O)OCC2c3ccccc3-c3ccccc32)C1. The lowest BCUT2D eigenvalue weighted by Gasteiger charge is -2.27. The van der Waals surface area contributed by atoms with Crippen LogP contribution >= 0.6 is 0 Å². The fourth-order valence-corrected chi connectivity index (χ4v) is 11.1. The summed E-state index contributed by atoms with van der Waals surface area (Å²) in [4.78, 5) is 84.2. The van der Waals surface area contributed by atoms with Crippen molar-refractivity contribution >= 4 is 36.1 Å². The molecule has 79 heavy (non-hydrogen) atoms. The van der Waals surface area contributed by atoms with Crippen molar-refractivity contribution < 1.29 is 57.9 Å². The van der Waals surface area contributed by atoms with Crippen LogP contribution in [-0.2, 0) is 58.3 Å². The molecule has 2 amide bonds. The topological polar surface area (TPSA) is 231 Å². The van der Waals surface area contributed by atoms with Gasteiger partial charge in [0.1, 0.15) is 47.6 Å². The second-order valence-electron chi connectivity index (χ2n) is 22.7. The predicted octanol–water partition coefficient (Wildman–Crippen LogP) is 8.60. The molecule has 414 valence electrons. The Balaban J connectivity index is 0.000000192. The number of rotatable bonds is 14. The van der Waals surface area contributed by atoms with Gasteiger partial charge in [-0.3, -0.25) is 30.0 Å². The zero-order chi connectivity index (χ0) is 56.4. The number of H-pyrrole nitrogens is 1. The molecule has 6 aromatic rings. The molecule has 0 radical (unpaired) electrons. The van der Waals surface area contributed by atoms with Crippen molar-refractivity contribution in [2.75, 3.05) is 26.3 Å². The molecule has 0 saturated carbocycles. The number of benzene rings is 4. The van der Waals surface area contributed by atoms with E-state index < -0.39 is 70.4 Å². The van der Waals surface area contributed by atoms with Crippen LogP contribution in [0.25, 0.3) is 22.3 Å². The van der Waals surface area contributed by atoms with Gasteiger partial charge in [0.15, 0.2) is 0 Å². The van der Waals surface area contributed by atoms with Crippen LogP contribution in [0.5, 0.6) is 0 Å². The Kier molecular flexibility index (Phi) is 15.6. The number of aromatic nitrogens is 2. The van der Waals surface area contributed by atoms with E-state index in [2.05, 4.69) is 27.8 Å². The molecule has 4 heterocycles. The maximum atomic E-state index is 13.6. The predicted molar refractivity (Wildman–Crippen MR) is 293 cm³/mol. The van der Waals surface area contributed by atoms with E-state index in [9.17, 15) is 39.0 Å². The number of nitrogens with one attached hydrogen (secondary N) is 3. The number of hydrogen-bond donors (Lipinski definition) is 5. The van der Waals surface area contributed by atoms with E-state index in [1.165, 1.54) is 9.80 Å². The third kappa shape index (κ3) is 11.8. The number of nitrogens with zero attached hydrogens (tertiary/aromatic N) is 3. The van der Waals surface area contributed by atoms with Gasteiger partial charge in [-0.25, -0.2) is 19.2 Å². The number of carbonyl (C=O) groups is 6. The highest BCUT2D eigenvalue weighted by Gasteiger charge is 2.56. The molecule has 2 fully saturated rings. The van der Waals surface area contributed by atoms with Gasteiger partial charge >= 0.3 is 36.1 Å². The minimum Gasteiger partial charge on any atom is -0.480 e. The average molecular weight is 1080 g/mol. The number of carboxylic acid groups (broad SMARTS) is 2. The van der Waals surface area contributed by atoms with E-state index in [4.69, 9.17) is 18.9 Å². The maximum Gasteiger partial charge on any atom is 0.410 e. The molecule has 2 aliphatic carbocycles. The van der Waals surface area contributed by atoms with Crippen molar-refractivity contribution in [1.29, 1.82) is 0 Å². The second-order valence-corrected chi connectivity index (χ2v) is 22.7. The number of ether oxygens (including phenoxy) is 4. The summed E-state index contributed by atoms with van der Waals surface area (Å²) >= 11 is 0. The molecule has 18 nitrogen and oxygen atoms in total. The smallest absolute Gasteiger partial charge is 0.410 e. The van der Waals surface area contributed by atoms with Crippen LogP contribution in [0.2, 0.25) is 0 Å². The molecule has 2 saturated heterocycles. The quantitative estimate of drug-likeness (QED) is 0.0508. The number of likely N-dealkylation sites (tertiary alicyclic amines) is 2. The zero-order valence-corrected chi connectivity index (χ0v) is 45.5. The molecular formula is C61H68N6O12. The van der Waals surface area contributed by atoms with Crippen molar-refractivity contribution in [1.82, 2.24) is 30.0 Å². The summed E-state index contributed by atoms with van der Waals surface area (Å²) in [6.45, 7) is 10.5. The first-order valence-corrected chi connectivity index (χ1v) is 26.5. The van der Waals surface area contributed by atoms with Gasteiger partial charge in [0.05, 0.1) is 13.1 Å². The summed E-state index contributed by atoms with van der Waals surface area (Å²) in [6.07, 6.45) is 1.81. The van der Waals surface area contributed by atoms with Crippen LogP contribution in [0.4, 0.5) is 9.59 Å². The third-order valence-corrected chi connectivity index (χ3v) is 15.0. The zero-order valence-electron chi connectivity index (χ0n) is 45.5. The van der Waals surface area contributed by atoms with Gasteiger partial charge in [-0.2, -0.15) is 0 Å². The van der Waals surface area contributed by atoms with E-state index in [1.54, 1.807) is 47.7 Å². The molecule has 4 unspecified atom stereocenters. The molecule has 0 spiro atoms. The Hall–Kier alpha value is -8.22. The van der Waals surface area contributed by atoms with Crippen LogP contribution in [0, 0.1) is 0 Å². The van der Waals surface area contributed by atoms with Crippen LogP contribution in [0.3, 0.4) is 0 Å². The van der Waals surface area contributed by atoms with E-state index in [0.717, 1.165) is 55.9 Å². The van der Waals surface area contributed by atoms with E-state index in [-0.39, 0.29) is 64.1 Å². The maximum absolute atomic E-state index is 13.6. The summed E-state index contributed by atoms with van der Waals surface area (Å²) in [5.41, 5.74) is 5.55. The van der Waals surface area contributed by atoms with Crippen molar-refractivity contribution in [2.24, 2.45) is 7.05 Å². The number of hydrogen-bond acceptors (Lipinski definition) is 12. The largest absolute Gasteiger partial charge is 0.480 e. The molecule has 2 aliphatic heterocycles. The average Bonchev–Trinajstić information content (AvgIpc) is 4.31. The lowest BCUT2D eigenvalue weighted by Crippen LogP contribution is -2.54. The van der Waals surface area contributed by atoms with Crippen LogP contribution in [-0.4, -0.2) is 126 Å². The van der Waals surface area contributed by atoms with Crippen molar-refractivity contribution in [3.05, 3.63) is 167 Å². The summed E-state index contributed by atoms with van der Waals surface area (Å²) in [6, 6.07) is 37.2. The molecular weight excluding hydrogens is 1010 g/mol. The number of fused-ring (bicyclic) bond motifs is 6. The molecule has 0 bridgehead atoms. The Morgan fingerprint density at radius 1 is 0.557 bits per heavy atom. The van der Waals surface area contributed by atoms with Gasteiger partial charge in [0.25, 0.3) is 0 Å². The molecule has 10 rings (SSSR count). The molecule has 2 aromatic heterocycles. The Morgan fingerprint density at radius 2 is 0.949 bits per heavy atom. The minimum absolute atomic E-state index is 0.0559. The van der Waals surface area contributed by atoms with E-state index in [0.29, 0.717) is 0 Å². The molecule has 4 aromatic carbocycles. The standard InChI is InChI=1S/C31H35N3O6.C30H33N3O6/c1-30(2,3)40-27(35)26-16-31(28(36)37,32-17-20-10-9-15-33(20)4)19-34(26)29(38)39-18-25-23-13-7-5-11-21(23)22-12-6-8-14-24(22)25;1-29(2,3)39-26(34)25-15-30(27(35)36,32-16-19-9-8-14-31-19)18-33(25)28(37)38-17-24-22-12-6-4-10-20(22)21-11-5-7-13-23(21)24/h5-15,25-26,32H,16-19H2,1-4H3,(H,36,37);4-14,24-25,31-32H,15-18H2,1-3H3,(H,35,36). The van der Waals surface area contributed by atoms with Crippen LogP contribution in [0.1, 0.15) is 99.9 Å². The molecule has 4 aliphatic rings. The Bertz CT molecular complexity index is 3160. The van der Waals surface area contributed by atoms with Gasteiger partial charge in [-0.1, -0.05) is 97.1 Å². The first kappa shape index (κ1) is 55.5. The summed E-state index contributed by atoms with van der Waals surface area (Å²) in [5.74, 6) is -3.97. The lowest BCUT2D eigenvalue weighted by atomic mass is 9.95. The van der Waals surface area contributed by atoms with Crippen LogP contribution < -0.4 is 10.6 Å². The number of carbonyl (C=O) groups excluding carboxylic acids is 4. The number of aromatic amines is 1.